The molecule has 0 aromatic heterocycles. The van der Waals surface area contributed by atoms with Gasteiger partial charge in [0.25, 0.3) is 0 Å². The fraction of sp³-hybridized carbons (Fsp3) is 0.882. The highest BCUT2D eigenvalue weighted by Crippen LogP contribution is 2.11. The van der Waals surface area contributed by atoms with Gasteiger partial charge in [0.15, 0.2) is 0 Å². The summed E-state index contributed by atoms with van der Waals surface area (Å²) >= 11 is 0. The van der Waals surface area contributed by atoms with Gasteiger partial charge in [0.1, 0.15) is 0 Å². The molecule has 0 aliphatic carbocycles. The molecule has 0 spiro atoms. The number of hydrogen-bond acceptors (Lipinski definition) is 3. The topological polar surface area (TPSA) is 43.9 Å². The van der Waals surface area contributed by atoms with Crippen LogP contribution in [0.1, 0.15) is 51.9 Å². The van der Waals surface area contributed by atoms with E-state index >= 15 is 0 Å². The van der Waals surface area contributed by atoms with Crippen LogP contribution in [0.2, 0.25) is 0 Å². The van der Waals surface area contributed by atoms with E-state index in [1.54, 1.807) is 0 Å². The van der Waals surface area contributed by atoms with Crippen molar-refractivity contribution in [2.45, 2.75) is 51.9 Å². The lowest BCUT2D eigenvalue weighted by molar-refractivity contribution is -0.135. The quantitative estimate of drug-likeness (QED) is 0.750. The van der Waals surface area contributed by atoms with Gasteiger partial charge in [-0.3, -0.25) is 14.5 Å². The van der Waals surface area contributed by atoms with Crippen molar-refractivity contribution in [3.8, 4) is 0 Å². The lowest BCUT2D eigenvalue weighted by atomic mass is 10.1. The monoisotopic (exact) mass is 309 g/mol. The fourth-order valence-electron chi connectivity index (χ4n) is 3.26. The number of unbranched alkanes of at least 4 members (excludes halogenated alkanes) is 1. The second-order valence-electron chi connectivity index (χ2n) is 6.52. The lowest BCUT2D eigenvalue weighted by Crippen LogP contribution is -2.49. The molecule has 2 saturated heterocycles. The van der Waals surface area contributed by atoms with Gasteiger partial charge in [-0.2, -0.15) is 0 Å². The maximum absolute atomic E-state index is 12.2. The van der Waals surface area contributed by atoms with Crippen molar-refractivity contribution in [2.75, 3.05) is 45.8 Å². The zero-order chi connectivity index (χ0) is 15.8. The third-order valence-electron chi connectivity index (χ3n) is 4.82. The lowest BCUT2D eigenvalue weighted by Gasteiger charge is -2.35. The fourth-order valence-corrected chi connectivity index (χ4v) is 3.26. The summed E-state index contributed by atoms with van der Waals surface area (Å²) in [5.41, 5.74) is 0. The second kappa shape index (κ2) is 9.13. The summed E-state index contributed by atoms with van der Waals surface area (Å²) in [5, 5.41) is 0. The Kier molecular flexibility index (Phi) is 7.16. The van der Waals surface area contributed by atoms with Crippen molar-refractivity contribution in [3.63, 3.8) is 0 Å². The minimum atomic E-state index is 0.297. The van der Waals surface area contributed by atoms with Crippen LogP contribution >= 0.6 is 0 Å². The van der Waals surface area contributed by atoms with Crippen LogP contribution in [0.15, 0.2) is 0 Å². The van der Waals surface area contributed by atoms with Gasteiger partial charge < -0.3 is 9.80 Å². The zero-order valence-electron chi connectivity index (χ0n) is 14.1. The number of rotatable bonds is 6. The van der Waals surface area contributed by atoms with E-state index in [-0.39, 0.29) is 0 Å². The van der Waals surface area contributed by atoms with Crippen LogP contribution in [0.4, 0.5) is 0 Å². The minimum Gasteiger partial charge on any atom is -0.343 e. The van der Waals surface area contributed by atoms with E-state index in [1.165, 1.54) is 6.42 Å². The zero-order valence-corrected chi connectivity index (χ0v) is 14.1. The number of carbonyl (C=O) groups excluding carboxylic acids is 2. The van der Waals surface area contributed by atoms with Crippen molar-refractivity contribution >= 4 is 11.8 Å². The molecule has 2 aliphatic heterocycles. The van der Waals surface area contributed by atoms with Gasteiger partial charge in [0, 0.05) is 58.7 Å². The summed E-state index contributed by atoms with van der Waals surface area (Å²) in [6.07, 6.45) is 6.95. The van der Waals surface area contributed by atoms with E-state index in [0.717, 1.165) is 71.5 Å². The molecule has 2 aliphatic rings. The SMILES string of the molecule is CCCCC(=O)N1CCN(CCC(=O)N2CCCCC2)CC1. The van der Waals surface area contributed by atoms with Crippen LogP contribution in [0.5, 0.6) is 0 Å². The summed E-state index contributed by atoms with van der Waals surface area (Å²) in [5.74, 6) is 0.604. The first-order valence-electron chi connectivity index (χ1n) is 8.98. The third-order valence-corrected chi connectivity index (χ3v) is 4.82. The third kappa shape index (κ3) is 5.27. The predicted molar refractivity (Wildman–Crippen MR) is 87.6 cm³/mol. The van der Waals surface area contributed by atoms with Gasteiger partial charge in [0.2, 0.25) is 11.8 Å². The molecule has 2 fully saturated rings. The second-order valence-corrected chi connectivity index (χ2v) is 6.52. The molecule has 0 N–H and O–H groups in total. The van der Waals surface area contributed by atoms with Crippen molar-refractivity contribution in [3.05, 3.63) is 0 Å². The highest BCUT2D eigenvalue weighted by atomic mass is 16.2. The van der Waals surface area contributed by atoms with E-state index in [4.69, 9.17) is 0 Å². The molecule has 0 aromatic rings. The van der Waals surface area contributed by atoms with E-state index < -0.39 is 0 Å². The molecule has 0 atom stereocenters. The largest absolute Gasteiger partial charge is 0.343 e. The first-order valence-corrected chi connectivity index (χ1v) is 8.98. The Bertz CT molecular complexity index is 359. The molecule has 0 radical (unpaired) electrons. The number of carbonyl (C=O) groups is 2. The van der Waals surface area contributed by atoms with E-state index in [2.05, 4.69) is 11.8 Å². The molecule has 0 bridgehead atoms. The number of piperazine rings is 1. The van der Waals surface area contributed by atoms with Gasteiger partial charge in [-0.15, -0.1) is 0 Å². The van der Waals surface area contributed by atoms with Crippen LogP contribution in [0, 0.1) is 0 Å². The summed E-state index contributed by atoms with van der Waals surface area (Å²) in [7, 11) is 0. The van der Waals surface area contributed by atoms with Crippen LogP contribution < -0.4 is 0 Å². The highest BCUT2D eigenvalue weighted by molar-refractivity contribution is 5.77. The van der Waals surface area contributed by atoms with Crippen LogP contribution in [0.3, 0.4) is 0 Å². The molecule has 5 heteroatoms. The summed E-state index contributed by atoms with van der Waals surface area (Å²) in [4.78, 5) is 30.5. The van der Waals surface area contributed by atoms with Gasteiger partial charge in [-0.05, 0) is 25.7 Å². The standard InChI is InChI=1S/C17H31N3O2/c1-2-3-7-16(21)20-14-12-18(13-15-20)11-8-17(22)19-9-5-4-6-10-19/h2-15H2,1H3. The maximum atomic E-state index is 12.2. The number of amides is 2. The minimum absolute atomic E-state index is 0.297. The number of nitrogens with zero attached hydrogens (tertiary/aromatic N) is 3. The summed E-state index contributed by atoms with van der Waals surface area (Å²) in [6, 6.07) is 0. The smallest absolute Gasteiger partial charge is 0.223 e. The van der Waals surface area contributed by atoms with Crippen LogP contribution in [-0.4, -0.2) is 72.3 Å². The molecule has 2 amide bonds. The molecule has 5 nitrogen and oxygen atoms in total. The number of piperidine rings is 1. The molecule has 0 aromatic carbocycles. The number of hydrogen-bond donors (Lipinski definition) is 0. The predicted octanol–water partition coefficient (Wildman–Crippen LogP) is 1.72. The molecule has 2 rings (SSSR count). The van der Waals surface area contributed by atoms with Gasteiger partial charge >= 0.3 is 0 Å². The molecule has 22 heavy (non-hydrogen) atoms. The van der Waals surface area contributed by atoms with Gasteiger partial charge in [-0.1, -0.05) is 13.3 Å². The normalized spacial score (nSPS) is 20.2. The Morgan fingerprint density at radius 1 is 0.773 bits per heavy atom. The molecule has 0 saturated carbocycles. The Morgan fingerprint density at radius 3 is 2.00 bits per heavy atom. The van der Waals surface area contributed by atoms with Crippen LogP contribution in [-0.2, 0) is 9.59 Å². The average molecular weight is 309 g/mol. The first-order chi connectivity index (χ1) is 10.7. The molecule has 0 unspecified atom stereocenters. The Morgan fingerprint density at radius 2 is 1.36 bits per heavy atom. The summed E-state index contributed by atoms with van der Waals surface area (Å²) < 4.78 is 0. The van der Waals surface area contributed by atoms with Gasteiger partial charge in [0.05, 0.1) is 0 Å². The van der Waals surface area contributed by atoms with Crippen molar-refractivity contribution in [1.29, 1.82) is 0 Å². The molecular weight excluding hydrogens is 278 g/mol. The van der Waals surface area contributed by atoms with Crippen molar-refractivity contribution in [1.82, 2.24) is 14.7 Å². The average Bonchev–Trinajstić information content (AvgIpc) is 2.58. The molecule has 2 heterocycles. The van der Waals surface area contributed by atoms with Crippen molar-refractivity contribution < 1.29 is 9.59 Å². The number of likely N-dealkylation sites (tertiary alicyclic amines) is 1. The Hall–Kier alpha value is -1.10. The Balaban J connectivity index is 1.62. The highest BCUT2D eigenvalue weighted by Gasteiger charge is 2.22. The van der Waals surface area contributed by atoms with Crippen LogP contribution in [0.25, 0.3) is 0 Å². The van der Waals surface area contributed by atoms with Crippen molar-refractivity contribution in [2.24, 2.45) is 0 Å². The van der Waals surface area contributed by atoms with E-state index in [1.807, 2.05) is 9.80 Å². The first kappa shape index (κ1) is 17.3. The Labute approximate surface area is 134 Å². The molecular formula is C17H31N3O2. The summed E-state index contributed by atoms with van der Waals surface area (Å²) in [6.45, 7) is 8.30. The van der Waals surface area contributed by atoms with E-state index in [9.17, 15) is 9.59 Å². The van der Waals surface area contributed by atoms with Gasteiger partial charge in [-0.25, -0.2) is 0 Å². The maximum Gasteiger partial charge on any atom is 0.223 e. The molecule has 126 valence electrons. The van der Waals surface area contributed by atoms with E-state index in [0.29, 0.717) is 24.7 Å².